The number of rotatable bonds is 2. The molecule has 0 aromatic carbocycles. The second kappa shape index (κ2) is 3.71. The van der Waals surface area contributed by atoms with Crippen molar-refractivity contribution in [3.63, 3.8) is 0 Å². The maximum atomic E-state index is 5.85. The fourth-order valence-corrected chi connectivity index (χ4v) is 1.97. The largest absolute Gasteiger partial charge is 0.438 e. The van der Waals surface area contributed by atoms with E-state index in [1.807, 2.05) is 13.8 Å². The molecule has 0 fully saturated rings. The quantitative estimate of drug-likeness (QED) is 0.740. The molecule has 0 aliphatic rings. The first kappa shape index (κ1) is 9.68. The molecular formula is C9H9ClN2OS. The molecule has 5 heteroatoms. The molecule has 0 bridgehead atoms. The Morgan fingerprint density at radius 2 is 2.29 bits per heavy atom. The minimum absolute atomic E-state index is 0.197. The standard InChI is InChI=1S/C9H9ClN2OS/c1-5(10)9-11-3-7(13-9)8-6(2)12-4-14-8/h3-5H,1-2H3. The van der Waals surface area contributed by atoms with Crippen LogP contribution in [0, 0.1) is 6.92 Å². The minimum atomic E-state index is -0.197. The summed E-state index contributed by atoms with van der Waals surface area (Å²) in [6.45, 7) is 3.77. The zero-order chi connectivity index (χ0) is 10.1. The van der Waals surface area contributed by atoms with Crippen LogP contribution in [0.4, 0.5) is 0 Å². The first-order valence-electron chi connectivity index (χ1n) is 4.18. The van der Waals surface area contributed by atoms with Crippen LogP contribution in [0.5, 0.6) is 0 Å². The van der Waals surface area contributed by atoms with Crippen molar-refractivity contribution in [3.05, 3.63) is 23.3 Å². The summed E-state index contributed by atoms with van der Waals surface area (Å²) in [7, 11) is 0. The molecule has 74 valence electrons. The van der Waals surface area contributed by atoms with Gasteiger partial charge in [-0.3, -0.25) is 0 Å². The highest BCUT2D eigenvalue weighted by Crippen LogP contribution is 2.30. The van der Waals surface area contributed by atoms with Gasteiger partial charge in [0, 0.05) is 0 Å². The molecular weight excluding hydrogens is 220 g/mol. The number of nitrogens with zero attached hydrogens (tertiary/aromatic N) is 2. The lowest BCUT2D eigenvalue weighted by molar-refractivity contribution is 0.508. The average molecular weight is 229 g/mol. The first-order chi connectivity index (χ1) is 6.68. The lowest BCUT2D eigenvalue weighted by atomic mass is 10.3. The van der Waals surface area contributed by atoms with Gasteiger partial charge in [-0.1, -0.05) is 0 Å². The van der Waals surface area contributed by atoms with Gasteiger partial charge in [-0.05, 0) is 13.8 Å². The van der Waals surface area contributed by atoms with Gasteiger partial charge in [0.2, 0.25) is 5.89 Å². The predicted octanol–water partition coefficient (Wildman–Crippen LogP) is 3.41. The summed E-state index contributed by atoms with van der Waals surface area (Å²) in [5.41, 5.74) is 2.75. The molecule has 2 heterocycles. The number of hydrogen-bond donors (Lipinski definition) is 0. The van der Waals surface area contributed by atoms with E-state index in [4.69, 9.17) is 16.0 Å². The Kier molecular flexibility index (Phi) is 2.56. The number of hydrogen-bond acceptors (Lipinski definition) is 4. The third-order valence-corrected chi connectivity index (χ3v) is 2.96. The highest BCUT2D eigenvalue weighted by atomic mass is 35.5. The second-order valence-electron chi connectivity index (χ2n) is 2.95. The first-order valence-corrected chi connectivity index (χ1v) is 5.50. The van der Waals surface area contributed by atoms with E-state index in [-0.39, 0.29) is 5.38 Å². The zero-order valence-corrected chi connectivity index (χ0v) is 9.39. The Bertz CT molecular complexity index is 435. The molecule has 3 nitrogen and oxygen atoms in total. The molecule has 1 unspecified atom stereocenters. The smallest absolute Gasteiger partial charge is 0.212 e. The summed E-state index contributed by atoms with van der Waals surface area (Å²) in [4.78, 5) is 9.25. The Morgan fingerprint density at radius 1 is 1.50 bits per heavy atom. The molecule has 0 spiro atoms. The van der Waals surface area contributed by atoms with Gasteiger partial charge >= 0.3 is 0 Å². The third-order valence-electron chi connectivity index (χ3n) is 1.83. The molecule has 0 radical (unpaired) electrons. The maximum Gasteiger partial charge on any atom is 0.212 e. The van der Waals surface area contributed by atoms with Crippen LogP contribution in [-0.2, 0) is 0 Å². The van der Waals surface area contributed by atoms with E-state index in [0.29, 0.717) is 5.89 Å². The van der Waals surface area contributed by atoms with Crippen molar-refractivity contribution >= 4 is 22.9 Å². The Hall–Kier alpha value is -0.870. The van der Waals surface area contributed by atoms with E-state index in [1.165, 1.54) is 11.3 Å². The van der Waals surface area contributed by atoms with Crippen molar-refractivity contribution in [2.24, 2.45) is 0 Å². The van der Waals surface area contributed by atoms with E-state index in [2.05, 4.69) is 9.97 Å². The fraction of sp³-hybridized carbons (Fsp3) is 0.333. The molecule has 14 heavy (non-hydrogen) atoms. The highest BCUT2D eigenvalue weighted by Gasteiger charge is 2.13. The second-order valence-corrected chi connectivity index (χ2v) is 4.46. The lowest BCUT2D eigenvalue weighted by Crippen LogP contribution is -1.80. The van der Waals surface area contributed by atoms with Crippen molar-refractivity contribution in [1.82, 2.24) is 9.97 Å². The molecule has 0 aliphatic carbocycles. The molecule has 0 amide bonds. The maximum absolute atomic E-state index is 5.85. The highest BCUT2D eigenvalue weighted by molar-refractivity contribution is 7.13. The van der Waals surface area contributed by atoms with Crippen molar-refractivity contribution in [2.75, 3.05) is 0 Å². The van der Waals surface area contributed by atoms with Crippen molar-refractivity contribution in [3.8, 4) is 10.6 Å². The van der Waals surface area contributed by atoms with Crippen LogP contribution >= 0.6 is 22.9 Å². The molecule has 0 saturated carbocycles. The summed E-state index contributed by atoms with van der Waals surface area (Å²) < 4.78 is 5.50. The van der Waals surface area contributed by atoms with Gasteiger partial charge in [-0.25, -0.2) is 9.97 Å². The molecule has 0 aliphatic heterocycles. The Balaban J connectivity index is 2.39. The van der Waals surface area contributed by atoms with Gasteiger partial charge in [0.25, 0.3) is 0 Å². The van der Waals surface area contributed by atoms with Gasteiger partial charge in [0.1, 0.15) is 5.38 Å². The fourth-order valence-electron chi connectivity index (χ4n) is 1.11. The lowest BCUT2D eigenvalue weighted by Gasteiger charge is -1.94. The number of oxazole rings is 1. The molecule has 2 aromatic rings. The van der Waals surface area contributed by atoms with Gasteiger partial charge in [0.05, 0.1) is 22.3 Å². The molecule has 2 aromatic heterocycles. The Labute approximate surface area is 90.8 Å². The van der Waals surface area contributed by atoms with Gasteiger partial charge in [-0.2, -0.15) is 0 Å². The van der Waals surface area contributed by atoms with Crippen LogP contribution in [0.25, 0.3) is 10.6 Å². The number of thiazole rings is 1. The van der Waals surface area contributed by atoms with Crippen LogP contribution in [0.2, 0.25) is 0 Å². The minimum Gasteiger partial charge on any atom is -0.438 e. The molecule has 2 rings (SSSR count). The zero-order valence-electron chi connectivity index (χ0n) is 7.82. The van der Waals surface area contributed by atoms with Crippen molar-refractivity contribution in [1.29, 1.82) is 0 Å². The van der Waals surface area contributed by atoms with E-state index < -0.39 is 0 Å². The Morgan fingerprint density at radius 3 is 2.79 bits per heavy atom. The SMILES string of the molecule is Cc1ncsc1-c1cnc(C(C)Cl)o1. The normalized spacial score (nSPS) is 13.1. The monoisotopic (exact) mass is 228 g/mol. The van der Waals surface area contributed by atoms with Gasteiger partial charge in [-0.15, -0.1) is 22.9 Å². The van der Waals surface area contributed by atoms with E-state index >= 15 is 0 Å². The number of alkyl halides is 1. The van der Waals surface area contributed by atoms with E-state index in [1.54, 1.807) is 11.7 Å². The van der Waals surface area contributed by atoms with Crippen LogP contribution in [0.15, 0.2) is 16.1 Å². The summed E-state index contributed by atoms with van der Waals surface area (Å²) >= 11 is 7.39. The van der Waals surface area contributed by atoms with Gasteiger partial charge in [0.15, 0.2) is 5.76 Å². The average Bonchev–Trinajstić information content (AvgIpc) is 2.71. The molecule has 0 N–H and O–H groups in total. The van der Waals surface area contributed by atoms with Crippen LogP contribution in [-0.4, -0.2) is 9.97 Å². The van der Waals surface area contributed by atoms with Crippen LogP contribution < -0.4 is 0 Å². The summed E-state index contributed by atoms with van der Waals surface area (Å²) in [5.74, 6) is 1.29. The van der Waals surface area contributed by atoms with Crippen LogP contribution in [0.3, 0.4) is 0 Å². The predicted molar refractivity (Wildman–Crippen MR) is 56.6 cm³/mol. The number of halogens is 1. The third kappa shape index (κ3) is 1.67. The summed E-state index contributed by atoms with van der Waals surface area (Å²) in [6, 6.07) is 0. The van der Waals surface area contributed by atoms with E-state index in [0.717, 1.165) is 16.3 Å². The van der Waals surface area contributed by atoms with E-state index in [9.17, 15) is 0 Å². The van der Waals surface area contributed by atoms with Crippen molar-refractivity contribution in [2.45, 2.75) is 19.2 Å². The molecule has 0 saturated heterocycles. The number of aryl methyl sites for hydroxylation is 1. The summed E-state index contributed by atoms with van der Waals surface area (Å²) in [6.07, 6.45) is 1.69. The van der Waals surface area contributed by atoms with Crippen LogP contribution in [0.1, 0.15) is 23.9 Å². The van der Waals surface area contributed by atoms with Gasteiger partial charge < -0.3 is 4.42 Å². The summed E-state index contributed by atoms with van der Waals surface area (Å²) in [5, 5.41) is -0.197. The molecule has 1 atom stereocenters. The number of aromatic nitrogens is 2. The topological polar surface area (TPSA) is 38.9 Å². The van der Waals surface area contributed by atoms with Crippen molar-refractivity contribution < 1.29 is 4.42 Å².